The molecule has 2 atom stereocenters. The predicted molar refractivity (Wildman–Crippen MR) is 346 cm³/mol. The molecule has 0 aromatic heterocycles. The molecule has 0 N–H and O–H groups in total. The highest BCUT2D eigenvalue weighted by atomic mass is 31.2. The van der Waals surface area contributed by atoms with Crippen LogP contribution in [0.1, 0.15) is 226 Å². The third-order valence-corrected chi connectivity index (χ3v) is 13.7. The van der Waals surface area contributed by atoms with E-state index >= 15 is 0 Å². The molecule has 2 unspecified atom stereocenters. The molecule has 0 aromatic carbocycles. The number of carbonyl (C=O) groups excluding carboxylic acids is 2. The summed E-state index contributed by atoms with van der Waals surface area (Å²) in [4.78, 5) is 37.9. The van der Waals surface area contributed by atoms with Crippen LogP contribution in [0.2, 0.25) is 0 Å². The lowest BCUT2D eigenvalue weighted by atomic mass is 10.1. The van der Waals surface area contributed by atoms with Crippen LogP contribution < -0.4 is 4.89 Å². The number of hydrogen-bond acceptors (Lipinski definition) is 8. The van der Waals surface area contributed by atoms with Crippen LogP contribution in [0.3, 0.4) is 0 Å². The SMILES string of the molecule is CC/C=C\C/C=C\C/C=C\C/C=C\C/C=C\C/C=C\C/C=C\C/C=C\C/C=C\C/C=C\C/C=C\CCCCCCCC(=O)OC(COC(=O)CCCCCCCCC/C=C\C/C=C\CCCCCC)COP(=O)([O-])OCC[N+](C)(C)C. The van der Waals surface area contributed by atoms with Gasteiger partial charge in [-0.25, -0.2) is 0 Å². The minimum atomic E-state index is -4.66. The summed E-state index contributed by atoms with van der Waals surface area (Å²) in [5, 5.41) is 0. The van der Waals surface area contributed by atoms with Crippen LogP contribution in [0.25, 0.3) is 0 Å². The van der Waals surface area contributed by atoms with Crippen LogP contribution >= 0.6 is 7.82 Å². The molecule has 9 nitrogen and oxygen atoms in total. The topological polar surface area (TPSA) is 111 Å². The summed E-state index contributed by atoms with van der Waals surface area (Å²) in [6, 6.07) is 0. The van der Waals surface area contributed by atoms with Gasteiger partial charge in [-0.1, -0.05) is 242 Å². The van der Waals surface area contributed by atoms with Crippen molar-refractivity contribution in [3.8, 4) is 0 Å². The zero-order chi connectivity index (χ0) is 59.1. The van der Waals surface area contributed by atoms with Crippen molar-refractivity contribution in [1.82, 2.24) is 0 Å². The first kappa shape index (κ1) is 76.6. The third kappa shape index (κ3) is 64.7. The molecule has 0 amide bonds. The number of hydrogen-bond donors (Lipinski definition) is 0. The number of carbonyl (C=O) groups is 2. The quantitative estimate of drug-likeness (QED) is 0.0195. The Morgan fingerprint density at radius 3 is 1.05 bits per heavy atom. The molecule has 0 aromatic rings. The lowest BCUT2D eigenvalue weighted by molar-refractivity contribution is -0.870. The van der Waals surface area contributed by atoms with Gasteiger partial charge in [0.15, 0.2) is 6.10 Å². The van der Waals surface area contributed by atoms with Crippen LogP contribution in [0.5, 0.6) is 0 Å². The van der Waals surface area contributed by atoms with Gasteiger partial charge in [0.25, 0.3) is 7.82 Å². The minimum Gasteiger partial charge on any atom is -0.756 e. The van der Waals surface area contributed by atoms with Gasteiger partial charge in [0.2, 0.25) is 0 Å². The molecule has 0 aliphatic carbocycles. The number of phosphoric acid groups is 1. The van der Waals surface area contributed by atoms with E-state index in [-0.39, 0.29) is 26.1 Å². The number of unbranched alkanes of at least 4 members (excludes halogenated alkanes) is 16. The van der Waals surface area contributed by atoms with Crippen LogP contribution in [0.15, 0.2) is 158 Å². The van der Waals surface area contributed by atoms with Gasteiger partial charge in [-0.3, -0.25) is 14.2 Å². The van der Waals surface area contributed by atoms with Crippen molar-refractivity contribution in [2.24, 2.45) is 0 Å². The molecule has 0 heterocycles. The van der Waals surface area contributed by atoms with Gasteiger partial charge in [0.1, 0.15) is 19.8 Å². The number of ether oxygens (including phenoxy) is 2. The van der Waals surface area contributed by atoms with Gasteiger partial charge in [-0.15, -0.1) is 0 Å². The monoisotopic (exact) mass is 1140 g/mol. The summed E-state index contributed by atoms with van der Waals surface area (Å²) in [6.45, 7) is 4.06. The second-order valence-electron chi connectivity index (χ2n) is 21.7. The molecule has 0 rings (SSSR count). The number of allylic oxidation sites excluding steroid dienone is 26. The molecular weight excluding hydrogens is 1030 g/mol. The Balaban J connectivity index is 4.21. The fraction of sp³-hybridized carbons (Fsp3) is 0.606. The van der Waals surface area contributed by atoms with E-state index in [1.54, 1.807) is 0 Å². The van der Waals surface area contributed by atoms with Gasteiger partial charge >= 0.3 is 11.9 Å². The Bertz CT molecular complexity index is 1920. The Morgan fingerprint density at radius 1 is 0.395 bits per heavy atom. The minimum absolute atomic E-state index is 0.0447. The number of likely N-dealkylation sites (N-methyl/N-ethyl adjacent to an activating group) is 1. The first-order valence-electron chi connectivity index (χ1n) is 31.7. The molecule has 0 radical (unpaired) electrons. The largest absolute Gasteiger partial charge is 0.756 e. The van der Waals surface area contributed by atoms with Crippen molar-refractivity contribution in [1.29, 1.82) is 0 Å². The van der Waals surface area contributed by atoms with Gasteiger partial charge in [-0.2, -0.15) is 0 Å². The molecule has 0 aliphatic rings. The van der Waals surface area contributed by atoms with Crippen molar-refractivity contribution in [2.75, 3.05) is 47.5 Å². The molecule has 0 saturated carbocycles. The highest BCUT2D eigenvalue weighted by Crippen LogP contribution is 2.38. The maximum absolute atomic E-state index is 12.8. The van der Waals surface area contributed by atoms with Gasteiger partial charge < -0.3 is 27.9 Å². The second kappa shape index (κ2) is 60.2. The van der Waals surface area contributed by atoms with Crippen LogP contribution in [0.4, 0.5) is 0 Å². The fourth-order valence-electron chi connectivity index (χ4n) is 7.92. The zero-order valence-corrected chi connectivity index (χ0v) is 52.8. The smallest absolute Gasteiger partial charge is 0.306 e. The molecule has 0 spiro atoms. The number of esters is 2. The standard InChI is InChI=1S/C71H116NO8P/c1-6-8-10-12-14-16-18-20-22-24-26-27-28-29-30-31-32-33-34-35-36-37-38-39-40-41-42-43-44-45-46-48-50-52-54-56-58-60-62-64-71(74)80-69(68-79-81(75,76)78-66-65-72(3,4)5)67-77-70(73)63-61-59-57-55-53-51-49-47-25-23-21-19-17-15-13-11-9-7-2/h8,10,14,16-17,19-20,22-23,25-27,29-30,32-33,35-36,38-39,41-42,44-45,48,50,69H,6-7,9,11-13,15,18,21,24,28,31,34,37,40,43,46-47,49,51-68H2,1-5H3/b10-8-,16-14-,19-17-,22-20-,25-23-,27-26-,30-29-,33-32-,36-35-,39-38-,42-41-,45-44-,50-48-. The first-order chi connectivity index (χ1) is 39.5. The Hall–Kier alpha value is -4.37. The molecule has 0 bridgehead atoms. The summed E-state index contributed by atoms with van der Waals surface area (Å²) in [5.74, 6) is -0.875. The Kier molecular flexibility index (Phi) is 57.0. The normalized spacial score (nSPS) is 14.3. The Morgan fingerprint density at radius 2 is 0.704 bits per heavy atom. The van der Waals surface area contributed by atoms with E-state index in [0.717, 1.165) is 135 Å². The fourth-order valence-corrected chi connectivity index (χ4v) is 8.65. The maximum Gasteiger partial charge on any atom is 0.306 e. The summed E-state index contributed by atoms with van der Waals surface area (Å²) in [7, 11) is 1.13. The predicted octanol–water partition coefficient (Wildman–Crippen LogP) is 19.8. The molecule has 81 heavy (non-hydrogen) atoms. The maximum atomic E-state index is 12.8. The second-order valence-corrected chi connectivity index (χ2v) is 23.1. The summed E-state index contributed by atoms with van der Waals surface area (Å²) >= 11 is 0. The number of rotatable bonds is 56. The number of phosphoric ester groups is 1. The van der Waals surface area contributed by atoms with Gasteiger partial charge in [0, 0.05) is 12.8 Å². The van der Waals surface area contributed by atoms with E-state index in [0.29, 0.717) is 23.9 Å². The van der Waals surface area contributed by atoms with E-state index in [1.165, 1.54) is 51.4 Å². The zero-order valence-electron chi connectivity index (χ0n) is 51.9. The van der Waals surface area contributed by atoms with E-state index in [4.69, 9.17) is 18.5 Å². The average molecular weight is 1140 g/mol. The third-order valence-electron chi connectivity index (χ3n) is 12.8. The summed E-state index contributed by atoms with van der Waals surface area (Å²) in [5.41, 5.74) is 0. The lowest BCUT2D eigenvalue weighted by Gasteiger charge is -2.28. The van der Waals surface area contributed by atoms with Crippen molar-refractivity contribution in [3.63, 3.8) is 0 Å². The van der Waals surface area contributed by atoms with Gasteiger partial charge in [-0.05, 0) is 128 Å². The van der Waals surface area contributed by atoms with Crippen molar-refractivity contribution in [2.45, 2.75) is 232 Å². The van der Waals surface area contributed by atoms with E-state index in [9.17, 15) is 19.0 Å². The molecule has 0 aliphatic heterocycles. The van der Waals surface area contributed by atoms with Crippen molar-refractivity contribution in [3.05, 3.63) is 158 Å². The van der Waals surface area contributed by atoms with Crippen molar-refractivity contribution >= 4 is 19.8 Å². The summed E-state index contributed by atoms with van der Waals surface area (Å²) in [6.07, 6.45) is 90.1. The van der Waals surface area contributed by atoms with Crippen LogP contribution in [0, 0.1) is 0 Å². The molecular formula is C71H116NO8P. The van der Waals surface area contributed by atoms with E-state index in [1.807, 2.05) is 21.1 Å². The molecule has 0 fully saturated rings. The summed E-state index contributed by atoms with van der Waals surface area (Å²) < 4.78 is 34.1. The van der Waals surface area contributed by atoms with Crippen LogP contribution in [-0.4, -0.2) is 70.0 Å². The average Bonchev–Trinajstić information content (AvgIpc) is 3.43. The first-order valence-corrected chi connectivity index (χ1v) is 33.2. The van der Waals surface area contributed by atoms with Crippen LogP contribution in [-0.2, 0) is 32.7 Å². The Labute approximate surface area is 496 Å². The van der Waals surface area contributed by atoms with Gasteiger partial charge in [0.05, 0.1) is 27.7 Å². The number of nitrogens with zero attached hydrogens (tertiary/aromatic N) is 1. The molecule has 458 valence electrons. The van der Waals surface area contributed by atoms with Crippen molar-refractivity contribution < 1.29 is 42.1 Å². The molecule has 10 heteroatoms. The lowest BCUT2D eigenvalue weighted by Crippen LogP contribution is -2.37. The highest BCUT2D eigenvalue weighted by molar-refractivity contribution is 7.45. The molecule has 0 saturated heterocycles. The van der Waals surface area contributed by atoms with E-state index in [2.05, 4.69) is 172 Å². The highest BCUT2D eigenvalue weighted by Gasteiger charge is 2.22. The van der Waals surface area contributed by atoms with E-state index < -0.39 is 32.5 Å². The number of quaternary nitrogens is 1.